The Hall–Kier alpha value is -4.62. The Labute approximate surface area is 204 Å². The molecule has 7 aromatic rings. The zero-order valence-electron chi connectivity index (χ0n) is 19.2. The van der Waals surface area contributed by atoms with Crippen molar-refractivity contribution in [2.24, 2.45) is 0 Å². The van der Waals surface area contributed by atoms with Gasteiger partial charge in [0.2, 0.25) is 0 Å². The summed E-state index contributed by atoms with van der Waals surface area (Å²) < 4.78 is 0. The minimum absolute atomic E-state index is 1.15. The highest BCUT2D eigenvalue weighted by atomic mass is 15.1. The molecule has 7 aromatic carbocycles. The fourth-order valence-electron chi connectivity index (χ4n) is 5.34. The summed E-state index contributed by atoms with van der Waals surface area (Å²) >= 11 is 0. The lowest BCUT2D eigenvalue weighted by Gasteiger charge is -2.30. The summed E-state index contributed by atoms with van der Waals surface area (Å²) in [6.07, 6.45) is 0. The van der Waals surface area contributed by atoms with Crippen LogP contribution in [-0.4, -0.2) is 0 Å². The van der Waals surface area contributed by atoms with Crippen LogP contribution in [0.5, 0.6) is 0 Å². The minimum Gasteiger partial charge on any atom is -0.309 e. The van der Waals surface area contributed by atoms with Gasteiger partial charge in [0.25, 0.3) is 0 Å². The monoisotopic (exact) mass is 445 g/mol. The summed E-state index contributed by atoms with van der Waals surface area (Å²) in [4.78, 5) is 2.46. The number of rotatable bonds is 3. The van der Waals surface area contributed by atoms with E-state index in [2.05, 4.69) is 144 Å². The van der Waals surface area contributed by atoms with Crippen molar-refractivity contribution in [1.29, 1.82) is 0 Å². The molecule has 7 rings (SSSR count). The van der Waals surface area contributed by atoms with Crippen molar-refractivity contribution in [3.8, 4) is 0 Å². The SMILES string of the molecule is c1ccc2cc(N(c3cccc4ccccc34)c3c4ccccc4cc4ccccc34)ccc2c1. The predicted octanol–water partition coefficient (Wildman–Crippen LogP) is 9.77. The van der Waals surface area contributed by atoms with E-state index >= 15 is 0 Å². The summed E-state index contributed by atoms with van der Waals surface area (Å²) in [6, 6.07) is 50.4. The van der Waals surface area contributed by atoms with Crippen molar-refractivity contribution in [2.45, 2.75) is 0 Å². The van der Waals surface area contributed by atoms with Crippen LogP contribution in [0.15, 0.2) is 140 Å². The van der Waals surface area contributed by atoms with Crippen LogP contribution >= 0.6 is 0 Å². The smallest absolute Gasteiger partial charge is 0.0618 e. The average molecular weight is 446 g/mol. The molecule has 0 aliphatic rings. The van der Waals surface area contributed by atoms with Crippen molar-refractivity contribution in [2.75, 3.05) is 4.90 Å². The van der Waals surface area contributed by atoms with E-state index in [1.165, 1.54) is 54.5 Å². The molecule has 0 unspecified atom stereocenters. The second-order valence-electron chi connectivity index (χ2n) is 9.03. The molecular formula is C34H23N. The number of nitrogens with zero attached hydrogens (tertiary/aromatic N) is 1. The lowest BCUT2D eigenvalue weighted by atomic mass is 9.98. The topological polar surface area (TPSA) is 3.24 Å². The lowest BCUT2D eigenvalue weighted by Crippen LogP contribution is -2.11. The molecule has 0 heterocycles. The van der Waals surface area contributed by atoms with Crippen LogP contribution in [0.25, 0.3) is 43.1 Å². The molecule has 0 aliphatic carbocycles. The highest BCUT2D eigenvalue weighted by molar-refractivity contribution is 6.16. The molecule has 0 fully saturated rings. The molecule has 0 aliphatic heterocycles. The first kappa shape index (κ1) is 19.8. The standard InChI is InChI=1S/C34H23N/c1-2-12-26-23-29(21-20-24(26)10-1)35(33-19-9-15-25-11-3-6-16-30(25)33)34-31-17-7-4-13-27(31)22-28-14-5-8-18-32(28)34/h1-23H. The van der Waals surface area contributed by atoms with Crippen LogP contribution < -0.4 is 4.90 Å². The van der Waals surface area contributed by atoms with Gasteiger partial charge in [-0.15, -0.1) is 0 Å². The van der Waals surface area contributed by atoms with Crippen molar-refractivity contribution in [3.63, 3.8) is 0 Å². The van der Waals surface area contributed by atoms with Gasteiger partial charge in [-0.1, -0.05) is 115 Å². The maximum atomic E-state index is 2.46. The maximum Gasteiger partial charge on any atom is 0.0618 e. The third kappa shape index (κ3) is 3.25. The quantitative estimate of drug-likeness (QED) is 0.245. The van der Waals surface area contributed by atoms with Crippen LogP contribution in [0.3, 0.4) is 0 Å². The van der Waals surface area contributed by atoms with Crippen LogP contribution in [-0.2, 0) is 0 Å². The van der Waals surface area contributed by atoms with E-state index in [9.17, 15) is 0 Å². The molecule has 1 heteroatoms. The summed E-state index contributed by atoms with van der Waals surface area (Å²) in [5, 5.41) is 9.93. The first-order valence-corrected chi connectivity index (χ1v) is 12.0. The van der Waals surface area contributed by atoms with Gasteiger partial charge in [0.1, 0.15) is 0 Å². The van der Waals surface area contributed by atoms with Gasteiger partial charge in [0.15, 0.2) is 0 Å². The number of benzene rings is 7. The molecule has 0 aromatic heterocycles. The van der Waals surface area contributed by atoms with Crippen molar-refractivity contribution < 1.29 is 0 Å². The van der Waals surface area contributed by atoms with E-state index in [1.54, 1.807) is 0 Å². The molecule has 1 nitrogen and oxygen atoms in total. The summed E-state index contributed by atoms with van der Waals surface area (Å²) in [5.41, 5.74) is 3.55. The zero-order valence-corrected chi connectivity index (χ0v) is 19.2. The van der Waals surface area contributed by atoms with Crippen LogP contribution in [0, 0.1) is 0 Å². The molecule has 0 saturated heterocycles. The van der Waals surface area contributed by atoms with E-state index in [-0.39, 0.29) is 0 Å². The number of anilines is 3. The third-order valence-electron chi connectivity index (χ3n) is 6.97. The fraction of sp³-hybridized carbons (Fsp3) is 0. The third-order valence-corrected chi connectivity index (χ3v) is 6.97. The second kappa shape index (κ2) is 8.00. The lowest BCUT2D eigenvalue weighted by molar-refractivity contribution is 1.33. The highest BCUT2D eigenvalue weighted by Gasteiger charge is 2.20. The molecule has 0 amide bonds. The van der Waals surface area contributed by atoms with Crippen LogP contribution in [0.4, 0.5) is 17.1 Å². The van der Waals surface area contributed by atoms with Gasteiger partial charge in [-0.05, 0) is 51.2 Å². The zero-order chi connectivity index (χ0) is 23.2. The number of fused-ring (bicyclic) bond motifs is 4. The Morgan fingerprint density at radius 3 is 1.60 bits per heavy atom. The number of hydrogen-bond donors (Lipinski definition) is 0. The molecule has 0 N–H and O–H groups in total. The Kier molecular flexibility index (Phi) is 4.53. The Balaban J connectivity index is 1.65. The van der Waals surface area contributed by atoms with E-state index in [4.69, 9.17) is 0 Å². The van der Waals surface area contributed by atoms with Crippen LogP contribution in [0.1, 0.15) is 0 Å². The summed E-state index contributed by atoms with van der Waals surface area (Å²) in [5.74, 6) is 0. The van der Waals surface area contributed by atoms with Gasteiger partial charge in [-0.2, -0.15) is 0 Å². The highest BCUT2D eigenvalue weighted by Crippen LogP contribution is 2.46. The Bertz CT molecular complexity index is 1810. The van der Waals surface area contributed by atoms with Crippen molar-refractivity contribution >= 4 is 60.2 Å². The van der Waals surface area contributed by atoms with Gasteiger partial charge >= 0.3 is 0 Å². The molecule has 0 atom stereocenters. The van der Waals surface area contributed by atoms with Crippen LogP contribution in [0.2, 0.25) is 0 Å². The Morgan fingerprint density at radius 1 is 0.343 bits per heavy atom. The largest absolute Gasteiger partial charge is 0.309 e. The first-order chi connectivity index (χ1) is 17.4. The molecular weight excluding hydrogens is 422 g/mol. The van der Waals surface area contributed by atoms with Crippen molar-refractivity contribution in [3.05, 3.63) is 140 Å². The second-order valence-corrected chi connectivity index (χ2v) is 9.03. The summed E-state index contributed by atoms with van der Waals surface area (Å²) in [6.45, 7) is 0. The number of hydrogen-bond acceptors (Lipinski definition) is 1. The fourth-order valence-corrected chi connectivity index (χ4v) is 5.34. The van der Waals surface area contributed by atoms with E-state index in [0.29, 0.717) is 0 Å². The van der Waals surface area contributed by atoms with E-state index in [0.717, 1.165) is 5.69 Å². The maximum absolute atomic E-state index is 2.46. The van der Waals surface area contributed by atoms with Crippen molar-refractivity contribution in [1.82, 2.24) is 0 Å². The van der Waals surface area contributed by atoms with E-state index < -0.39 is 0 Å². The molecule has 0 bridgehead atoms. The van der Waals surface area contributed by atoms with E-state index in [1.807, 2.05) is 0 Å². The molecule has 0 saturated carbocycles. The molecule has 0 spiro atoms. The van der Waals surface area contributed by atoms with Gasteiger partial charge in [-0.3, -0.25) is 0 Å². The average Bonchev–Trinajstić information content (AvgIpc) is 2.93. The molecule has 35 heavy (non-hydrogen) atoms. The van der Waals surface area contributed by atoms with Gasteiger partial charge in [0.05, 0.1) is 11.4 Å². The molecule has 164 valence electrons. The minimum atomic E-state index is 1.15. The molecule has 0 radical (unpaired) electrons. The van der Waals surface area contributed by atoms with Gasteiger partial charge in [-0.25, -0.2) is 0 Å². The Morgan fingerprint density at radius 2 is 0.886 bits per heavy atom. The van der Waals surface area contributed by atoms with Gasteiger partial charge < -0.3 is 4.90 Å². The first-order valence-electron chi connectivity index (χ1n) is 12.0. The normalized spacial score (nSPS) is 11.4. The van der Waals surface area contributed by atoms with Gasteiger partial charge in [0, 0.05) is 21.8 Å². The summed E-state index contributed by atoms with van der Waals surface area (Å²) in [7, 11) is 0. The predicted molar refractivity (Wildman–Crippen MR) is 151 cm³/mol.